The van der Waals surface area contributed by atoms with Crippen LogP contribution in [-0.4, -0.2) is 5.49 Å². The molecule has 5 heteroatoms. The Balaban J connectivity index is 3.11. The minimum absolute atomic E-state index is 0.169. The van der Waals surface area contributed by atoms with Crippen molar-refractivity contribution in [2.75, 3.05) is 5.32 Å². The van der Waals surface area contributed by atoms with Gasteiger partial charge in [-0.3, -0.25) is 0 Å². The highest BCUT2D eigenvalue weighted by atomic mass is 79.9. The molecule has 0 atom stereocenters. The molecular formula is C7H4BrF2NS. The van der Waals surface area contributed by atoms with E-state index in [0.29, 0.717) is 5.69 Å². The zero-order valence-electron chi connectivity index (χ0n) is 5.77. The Hall–Kier alpha value is -0.550. The van der Waals surface area contributed by atoms with Gasteiger partial charge in [-0.15, -0.1) is 0 Å². The van der Waals surface area contributed by atoms with E-state index < -0.39 is 11.6 Å². The maximum atomic E-state index is 12.8. The highest BCUT2D eigenvalue weighted by Gasteiger charge is 2.06. The Labute approximate surface area is 81.9 Å². The second kappa shape index (κ2) is 3.91. The summed E-state index contributed by atoms with van der Waals surface area (Å²) in [7, 11) is 0. The average molecular weight is 252 g/mol. The van der Waals surface area contributed by atoms with Crippen LogP contribution in [0, 0.1) is 11.6 Å². The van der Waals surface area contributed by atoms with Crippen LogP contribution in [0.3, 0.4) is 0 Å². The third-order valence-electron chi connectivity index (χ3n) is 1.21. The first-order chi connectivity index (χ1) is 5.65. The predicted octanol–water partition coefficient (Wildman–Crippen LogP) is 3.10. The molecule has 0 aromatic heterocycles. The first kappa shape index (κ1) is 9.54. The molecule has 0 fully saturated rings. The van der Waals surface area contributed by atoms with E-state index in [1.54, 1.807) is 0 Å². The van der Waals surface area contributed by atoms with Crippen LogP contribution in [0.1, 0.15) is 0 Å². The highest BCUT2D eigenvalue weighted by molar-refractivity contribution is 9.10. The number of hydrogen-bond acceptors (Lipinski definition) is 1. The van der Waals surface area contributed by atoms with E-state index in [1.165, 1.54) is 5.49 Å². The monoisotopic (exact) mass is 251 g/mol. The van der Waals surface area contributed by atoms with E-state index in [9.17, 15) is 8.78 Å². The van der Waals surface area contributed by atoms with Gasteiger partial charge in [-0.1, -0.05) is 12.2 Å². The van der Waals surface area contributed by atoms with E-state index in [-0.39, 0.29) is 4.47 Å². The number of thiocarbonyl (C=S) groups is 1. The van der Waals surface area contributed by atoms with Crippen molar-refractivity contribution < 1.29 is 8.78 Å². The molecule has 1 N–H and O–H groups in total. The van der Waals surface area contributed by atoms with E-state index in [2.05, 4.69) is 33.5 Å². The minimum atomic E-state index is -0.658. The van der Waals surface area contributed by atoms with Crippen LogP contribution in [-0.2, 0) is 0 Å². The van der Waals surface area contributed by atoms with Crippen LogP contribution < -0.4 is 5.32 Å². The minimum Gasteiger partial charge on any atom is -0.352 e. The molecule has 12 heavy (non-hydrogen) atoms. The molecule has 0 heterocycles. The molecule has 0 bridgehead atoms. The maximum Gasteiger partial charge on any atom is 0.142 e. The Morgan fingerprint density at radius 3 is 2.25 bits per heavy atom. The van der Waals surface area contributed by atoms with Crippen molar-refractivity contribution in [3.8, 4) is 0 Å². The Morgan fingerprint density at radius 2 is 1.83 bits per heavy atom. The molecule has 0 spiro atoms. The van der Waals surface area contributed by atoms with E-state index >= 15 is 0 Å². The van der Waals surface area contributed by atoms with Crippen molar-refractivity contribution in [2.24, 2.45) is 0 Å². The summed E-state index contributed by atoms with van der Waals surface area (Å²) in [5.74, 6) is -1.32. The molecule has 0 amide bonds. The summed E-state index contributed by atoms with van der Waals surface area (Å²) >= 11 is 7.21. The van der Waals surface area contributed by atoms with Gasteiger partial charge in [-0.2, -0.15) is 0 Å². The molecule has 1 aromatic carbocycles. The first-order valence-corrected chi connectivity index (χ1v) is 4.26. The van der Waals surface area contributed by atoms with Gasteiger partial charge >= 0.3 is 0 Å². The molecule has 1 rings (SSSR count). The highest BCUT2D eigenvalue weighted by Crippen LogP contribution is 2.23. The topological polar surface area (TPSA) is 12.0 Å². The molecule has 0 aliphatic carbocycles. The zero-order valence-corrected chi connectivity index (χ0v) is 8.18. The number of rotatable bonds is 2. The fraction of sp³-hybridized carbons (Fsp3) is 0. The predicted molar refractivity (Wildman–Crippen MR) is 51.3 cm³/mol. The van der Waals surface area contributed by atoms with E-state index in [0.717, 1.165) is 12.1 Å². The lowest BCUT2D eigenvalue weighted by Gasteiger charge is -2.01. The SMILES string of the molecule is Fc1cc(NC=S)cc(F)c1Br. The van der Waals surface area contributed by atoms with Crippen molar-refractivity contribution in [1.82, 2.24) is 0 Å². The van der Waals surface area contributed by atoms with Gasteiger partial charge in [0.15, 0.2) is 0 Å². The number of benzene rings is 1. The van der Waals surface area contributed by atoms with E-state index in [4.69, 9.17) is 0 Å². The summed E-state index contributed by atoms with van der Waals surface area (Å²) in [6.45, 7) is 0. The lowest BCUT2D eigenvalue weighted by molar-refractivity contribution is 0.573. The molecule has 0 saturated heterocycles. The van der Waals surface area contributed by atoms with Gasteiger partial charge in [0.25, 0.3) is 0 Å². The van der Waals surface area contributed by atoms with Crippen LogP contribution in [0.15, 0.2) is 16.6 Å². The van der Waals surface area contributed by atoms with Gasteiger partial charge in [-0.05, 0) is 28.1 Å². The molecular weight excluding hydrogens is 248 g/mol. The Kier molecular flexibility index (Phi) is 3.11. The number of nitrogens with one attached hydrogen (secondary N) is 1. The van der Waals surface area contributed by atoms with Gasteiger partial charge in [0.1, 0.15) is 11.6 Å². The molecule has 0 aliphatic rings. The van der Waals surface area contributed by atoms with Gasteiger partial charge in [0, 0.05) is 5.69 Å². The summed E-state index contributed by atoms with van der Waals surface area (Å²) in [5, 5.41) is 2.51. The van der Waals surface area contributed by atoms with Crippen molar-refractivity contribution in [2.45, 2.75) is 0 Å². The van der Waals surface area contributed by atoms with Crippen molar-refractivity contribution >= 4 is 39.3 Å². The molecule has 0 saturated carbocycles. The Bertz CT molecular complexity index is 293. The second-order valence-corrected chi connectivity index (χ2v) is 3.04. The van der Waals surface area contributed by atoms with Gasteiger partial charge in [0.05, 0.1) is 9.96 Å². The standard InChI is InChI=1S/C7H4BrF2NS/c8-7-5(9)1-4(11-3-12)2-6(7)10/h1-3H,(H,11,12). The van der Waals surface area contributed by atoms with Crippen LogP contribution >= 0.6 is 28.1 Å². The number of halogens is 3. The van der Waals surface area contributed by atoms with Crippen molar-refractivity contribution in [3.63, 3.8) is 0 Å². The van der Waals surface area contributed by atoms with Crippen molar-refractivity contribution in [3.05, 3.63) is 28.2 Å². The molecule has 0 unspecified atom stereocenters. The second-order valence-electron chi connectivity index (χ2n) is 2.02. The van der Waals surface area contributed by atoms with E-state index in [1.807, 2.05) is 0 Å². The smallest absolute Gasteiger partial charge is 0.142 e. The molecule has 1 nitrogen and oxygen atoms in total. The van der Waals surface area contributed by atoms with Crippen LogP contribution in [0.2, 0.25) is 0 Å². The third kappa shape index (κ3) is 1.98. The molecule has 1 aromatic rings. The van der Waals surface area contributed by atoms with Gasteiger partial charge in [-0.25, -0.2) is 8.78 Å². The van der Waals surface area contributed by atoms with Crippen LogP contribution in [0.4, 0.5) is 14.5 Å². The Morgan fingerprint density at radius 1 is 1.33 bits per heavy atom. The quantitative estimate of drug-likeness (QED) is 0.641. The maximum absolute atomic E-state index is 12.8. The van der Waals surface area contributed by atoms with Gasteiger partial charge in [0.2, 0.25) is 0 Å². The normalized spacial score (nSPS) is 9.58. The third-order valence-corrected chi connectivity index (χ3v) is 2.08. The molecule has 64 valence electrons. The summed E-state index contributed by atoms with van der Waals surface area (Å²) in [6, 6.07) is 2.30. The number of hydrogen-bond donors (Lipinski definition) is 1. The fourth-order valence-corrected chi connectivity index (χ4v) is 1.07. The van der Waals surface area contributed by atoms with Crippen molar-refractivity contribution in [1.29, 1.82) is 0 Å². The van der Waals surface area contributed by atoms with Crippen LogP contribution in [0.25, 0.3) is 0 Å². The lowest BCUT2D eigenvalue weighted by Crippen LogP contribution is -1.94. The summed E-state index contributed by atoms with van der Waals surface area (Å²) < 4.78 is 25.4. The molecule has 0 radical (unpaired) electrons. The van der Waals surface area contributed by atoms with Crippen LogP contribution in [0.5, 0.6) is 0 Å². The largest absolute Gasteiger partial charge is 0.352 e. The summed E-state index contributed by atoms with van der Waals surface area (Å²) in [5.41, 5.74) is 1.48. The fourth-order valence-electron chi connectivity index (χ4n) is 0.707. The summed E-state index contributed by atoms with van der Waals surface area (Å²) in [4.78, 5) is 0. The zero-order chi connectivity index (χ0) is 9.14. The average Bonchev–Trinajstić information content (AvgIpc) is 2.01. The summed E-state index contributed by atoms with van der Waals surface area (Å²) in [6.07, 6.45) is 0. The number of anilines is 1. The first-order valence-electron chi connectivity index (χ1n) is 3.00. The lowest BCUT2D eigenvalue weighted by atomic mass is 10.3. The molecule has 0 aliphatic heterocycles. The van der Waals surface area contributed by atoms with Gasteiger partial charge < -0.3 is 5.32 Å².